The predicted molar refractivity (Wildman–Crippen MR) is 157 cm³/mol. The number of methoxy groups -OCH3 is 1. The second-order valence-corrected chi connectivity index (χ2v) is 11.0. The van der Waals surface area contributed by atoms with Crippen LogP contribution in [-0.4, -0.2) is 77.8 Å². The van der Waals surface area contributed by atoms with Crippen LogP contribution in [0.2, 0.25) is 5.28 Å². The number of aliphatic hydroxyl groups excluding tert-OH is 1. The number of hydrogen-bond donors (Lipinski definition) is 3. The van der Waals surface area contributed by atoms with E-state index in [4.69, 9.17) is 31.5 Å². The third kappa shape index (κ3) is 5.33. The first kappa shape index (κ1) is 29.8. The second kappa shape index (κ2) is 12.0. The molecule has 5 atom stereocenters. The Bertz CT molecular complexity index is 1790. The maximum Gasteiger partial charge on any atom is 0.342 e. The van der Waals surface area contributed by atoms with Crippen LogP contribution in [0.4, 0.5) is 10.2 Å². The zero-order valence-electron chi connectivity index (χ0n) is 22.9. The summed E-state index contributed by atoms with van der Waals surface area (Å²) >= 11 is 7.14. The Morgan fingerprint density at radius 1 is 1.23 bits per heavy atom. The summed E-state index contributed by atoms with van der Waals surface area (Å²) in [6.07, 6.45) is -3.47. The van der Waals surface area contributed by atoms with Gasteiger partial charge in [-0.1, -0.05) is 24.3 Å². The fourth-order valence-electron chi connectivity index (χ4n) is 5.12. The number of aromatic nitrogens is 6. The quantitative estimate of drug-likeness (QED) is 0.189. The van der Waals surface area contributed by atoms with Crippen LogP contribution in [0.5, 0.6) is 5.88 Å². The number of carbonyl (C=O) groups is 1. The van der Waals surface area contributed by atoms with Gasteiger partial charge in [0.1, 0.15) is 17.7 Å². The van der Waals surface area contributed by atoms with Crippen LogP contribution in [0.15, 0.2) is 59.8 Å². The van der Waals surface area contributed by atoms with Gasteiger partial charge in [0.25, 0.3) is 0 Å². The topological polar surface area (TPSA) is 181 Å². The van der Waals surface area contributed by atoms with Gasteiger partial charge in [-0.3, -0.25) is 4.57 Å². The van der Waals surface area contributed by atoms with E-state index < -0.39 is 42.8 Å². The van der Waals surface area contributed by atoms with Crippen LogP contribution in [0.25, 0.3) is 22.3 Å². The number of fused-ring (bicyclic) bond motifs is 1. The molecule has 1 aliphatic heterocycles. The number of hydrogen-bond acceptors (Lipinski definition) is 12. The largest absolute Gasteiger partial charge is 0.481 e. The van der Waals surface area contributed by atoms with Crippen molar-refractivity contribution in [2.24, 2.45) is 0 Å². The van der Waals surface area contributed by atoms with Crippen LogP contribution in [0.3, 0.4) is 0 Å². The van der Waals surface area contributed by atoms with Crippen molar-refractivity contribution in [1.82, 2.24) is 29.5 Å². The molecule has 0 spiro atoms. The van der Waals surface area contributed by atoms with Crippen molar-refractivity contribution in [2.75, 3.05) is 19.5 Å². The molecule has 6 rings (SSSR count). The molecule has 5 aromatic rings. The van der Waals surface area contributed by atoms with Crippen LogP contribution in [0.1, 0.15) is 17.5 Å². The molecule has 4 N–H and O–H groups in total. The summed E-state index contributed by atoms with van der Waals surface area (Å²) in [4.78, 5) is 33.4. The molecule has 1 aromatic carbocycles. The first-order valence-corrected chi connectivity index (χ1v) is 14.5. The standard InChI is InChI=1S/C28H25ClFN7O6S/c1-41-24-16(3-2-8-32-24)15-6-4-14(5-7-15)9-28(26(39)40,18-11-44-13-34-18)42-10-17-21(38)19(30)25(43-17)37-12-33-20-22(31)35-27(29)36-23(20)37/h2-8,11-13,17,19,21,25,38H,9-10H2,1H3,(H,39,40)(H2,31,35,36)/t17-,19+,21-,25-,28+/m1/s1. The summed E-state index contributed by atoms with van der Waals surface area (Å²) in [6.45, 7) is -0.475. The maximum atomic E-state index is 15.4. The van der Waals surface area contributed by atoms with Gasteiger partial charge < -0.3 is 30.2 Å². The molecule has 1 fully saturated rings. The number of carboxylic acids is 1. The van der Waals surface area contributed by atoms with Gasteiger partial charge in [-0.05, 0) is 34.9 Å². The zero-order valence-corrected chi connectivity index (χ0v) is 24.5. The maximum absolute atomic E-state index is 15.4. The number of alkyl halides is 1. The smallest absolute Gasteiger partial charge is 0.342 e. The SMILES string of the molecule is COc1ncccc1-c1ccc(C[C@@](OC[C@H]2O[C@@H](n3cnc4c(N)nc(Cl)nc43)[C@@H](F)[C@@H]2O)(C(=O)O)c2cscn2)cc1. The summed E-state index contributed by atoms with van der Waals surface area (Å²) in [5.41, 5.74) is 8.03. The lowest BCUT2D eigenvalue weighted by Gasteiger charge is -2.30. The van der Waals surface area contributed by atoms with Crippen LogP contribution in [-0.2, 0) is 26.3 Å². The van der Waals surface area contributed by atoms with Crippen molar-refractivity contribution >= 4 is 45.9 Å². The van der Waals surface area contributed by atoms with E-state index in [2.05, 4.69) is 24.9 Å². The number of nitrogen functional groups attached to an aromatic ring is 1. The molecule has 1 aliphatic rings. The van der Waals surface area contributed by atoms with Gasteiger partial charge in [0.15, 0.2) is 23.9 Å². The van der Waals surface area contributed by atoms with E-state index in [9.17, 15) is 15.0 Å². The number of aliphatic carboxylic acids is 1. The van der Waals surface area contributed by atoms with Gasteiger partial charge in [0, 0.05) is 23.6 Å². The minimum Gasteiger partial charge on any atom is -0.481 e. The number of carboxylic acid groups (broad SMARTS) is 1. The van der Waals surface area contributed by atoms with E-state index >= 15 is 4.39 Å². The first-order chi connectivity index (χ1) is 21.2. The number of aliphatic hydroxyl groups is 1. The Morgan fingerprint density at radius 3 is 2.73 bits per heavy atom. The van der Waals surface area contributed by atoms with Crippen molar-refractivity contribution in [1.29, 1.82) is 0 Å². The van der Waals surface area contributed by atoms with Gasteiger partial charge in [-0.2, -0.15) is 9.97 Å². The molecule has 0 saturated carbocycles. The van der Waals surface area contributed by atoms with Crippen LogP contribution >= 0.6 is 22.9 Å². The summed E-state index contributed by atoms with van der Waals surface area (Å²) in [5.74, 6) is -0.868. The highest BCUT2D eigenvalue weighted by Crippen LogP contribution is 2.38. The Kier molecular flexibility index (Phi) is 8.13. The highest BCUT2D eigenvalue weighted by atomic mass is 35.5. The number of benzene rings is 1. The van der Waals surface area contributed by atoms with E-state index in [1.54, 1.807) is 29.8 Å². The van der Waals surface area contributed by atoms with E-state index in [1.165, 1.54) is 34.9 Å². The minimum atomic E-state index is -1.97. The zero-order chi connectivity index (χ0) is 31.0. The number of nitrogens with two attached hydrogens (primary N) is 1. The number of pyridine rings is 1. The highest BCUT2D eigenvalue weighted by Gasteiger charge is 2.49. The number of nitrogens with zero attached hydrogens (tertiary/aromatic N) is 6. The molecular formula is C28H25ClFN7O6S. The van der Waals surface area contributed by atoms with E-state index in [0.29, 0.717) is 11.4 Å². The van der Waals surface area contributed by atoms with Gasteiger partial charge >= 0.3 is 5.97 Å². The number of thiazole rings is 1. The van der Waals surface area contributed by atoms with E-state index in [0.717, 1.165) is 11.1 Å². The summed E-state index contributed by atoms with van der Waals surface area (Å²) in [6, 6.07) is 10.8. The van der Waals surface area contributed by atoms with Crippen molar-refractivity contribution in [2.45, 2.75) is 36.6 Å². The molecular weight excluding hydrogens is 617 g/mol. The lowest BCUT2D eigenvalue weighted by atomic mass is 9.90. The molecule has 228 valence electrons. The summed E-state index contributed by atoms with van der Waals surface area (Å²) < 4.78 is 33.9. The summed E-state index contributed by atoms with van der Waals surface area (Å²) in [5, 5.41) is 22.7. The third-order valence-electron chi connectivity index (χ3n) is 7.36. The van der Waals surface area contributed by atoms with Crippen molar-refractivity contribution < 1.29 is 33.6 Å². The van der Waals surface area contributed by atoms with Gasteiger partial charge in [0.05, 0.1) is 31.2 Å². The Hall–Kier alpha value is -4.28. The number of ether oxygens (including phenoxy) is 3. The fourth-order valence-corrected chi connectivity index (χ4v) is 5.91. The van der Waals surface area contributed by atoms with Crippen molar-refractivity contribution in [3.05, 3.63) is 76.4 Å². The first-order valence-electron chi connectivity index (χ1n) is 13.2. The molecule has 4 aromatic heterocycles. The van der Waals surface area contributed by atoms with Crippen LogP contribution in [0, 0.1) is 0 Å². The lowest BCUT2D eigenvalue weighted by Crippen LogP contribution is -2.44. The van der Waals surface area contributed by atoms with Gasteiger partial charge in [-0.25, -0.2) is 24.1 Å². The Balaban J connectivity index is 1.26. The predicted octanol–water partition coefficient (Wildman–Crippen LogP) is 3.42. The second-order valence-electron chi connectivity index (χ2n) is 9.95. The van der Waals surface area contributed by atoms with E-state index in [1.807, 2.05) is 18.2 Å². The van der Waals surface area contributed by atoms with Crippen molar-refractivity contribution in [3.8, 4) is 17.0 Å². The molecule has 13 nitrogen and oxygen atoms in total. The monoisotopic (exact) mass is 641 g/mol. The summed E-state index contributed by atoms with van der Waals surface area (Å²) in [7, 11) is 1.53. The lowest BCUT2D eigenvalue weighted by molar-refractivity contribution is -0.177. The number of anilines is 1. The molecule has 0 aliphatic carbocycles. The van der Waals surface area contributed by atoms with Gasteiger partial charge in [0.2, 0.25) is 16.8 Å². The third-order valence-corrected chi connectivity index (χ3v) is 8.11. The molecule has 1 saturated heterocycles. The normalized spacial score (nSPS) is 21.4. The fraction of sp³-hybridized carbons (Fsp3) is 0.286. The number of imidazole rings is 1. The molecule has 16 heteroatoms. The van der Waals surface area contributed by atoms with Crippen molar-refractivity contribution in [3.63, 3.8) is 0 Å². The average molecular weight is 642 g/mol. The molecule has 44 heavy (non-hydrogen) atoms. The van der Waals surface area contributed by atoms with Gasteiger partial charge in [-0.15, -0.1) is 11.3 Å². The molecule has 0 radical (unpaired) electrons. The van der Waals surface area contributed by atoms with E-state index in [-0.39, 0.29) is 34.4 Å². The molecule has 0 unspecified atom stereocenters. The number of rotatable bonds is 10. The Labute approximate surface area is 258 Å². The molecule has 0 bridgehead atoms. The number of halogens is 2. The molecule has 5 heterocycles. The highest BCUT2D eigenvalue weighted by molar-refractivity contribution is 7.07. The van der Waals surface area contributed by atoms with Crippen LogP contribution < -0.4 is 10.5 Å². The molecule has 0 amide bonds. The average Bonchev–Trinajstić information content (AvgIpc) is 3.77. The Morgan fingerprint density at radius 2 is 2.02 bits per heavy atom. The minimum absolute atomic E-state index is 0.00491.